The molecule has 98 valence electrons. The molecule has 0 fully saturated rings. The molecule has 0 aliphatic rings. The summed E-state index contributed by atoms with van der Waals surface area (Å²) in [4.78, 5) is 13.2. The van der Waals surface area contributed by atoms with E-state index >= 15 is 0 Å². The van der Waals surface area contributed by atoms with Crippen molar-refractivity contribution in [3.63, 3.8) is 0 Å². The van der Waals surface area contributed by atoms with Crippen LogP contribution in [0.4, 0.5) is 0 Å². The minimum atomic E-state index is -0.739. The van der Waals surface area contributed by atoms with E-state index in [0.29, 0.717) is 0 Å². The van der Waals surface area contributed by atoms with E-state index in [2.05, 4.69) is 0 Å². The van der Waals surface area contributed by atoms with Gasteiger partial charge in [-0.25, -0.2) is 0 Å². The molecule has 3 heteroatoms. The highest BCUT2D eigenvalue weighted by Crippen LogP contribution is 2.41. The standard InChI is InChI=1S/C16H16O2S/c1-16(15(17)18-2,13-9-5-3-6-10-13)19-14-11-7-4-8-12-14/h3-12H,1-2H3/t16-/m1/s1. The van der Waals surface area contributed by atoms with E-state index < -0.39 is 4.75 Å². The van der Waals surface area contributed by atoms with Crippen molar-refractivity contribution in [2.45, 2.75) is 16.6 Å². The number of carbonyl (C=O) groups is 1. The predicted octanol–water partition coefficient (Wildman–Crippen LogP) is 3.87. The molecule has 2 rings (SSSR count). The second-order valence-corrected chi connectivity index (χ2v) is 5.80. The van der Waals surface area contributed by atoms with Crippen LogP contribution >= 0.6 is 11.8 Å². The molecule has 0 aromatic heterocycles. The van der Waals surface area contributed by atoms with Crippen LogP contribution in [-0.4, -0.2) is 13.1 Å². The topological polar surface area (TPSA) is 26.3 Å². The summed E-state index contributed by atoms with van der Waals surface area (Å²) in [7, 11) is 1.43. The average Bonchev–Trinajstić information content (AvgIpc) is 2.48. The molecule has 0 N–H and O–H groups in total. The fourth-order valence-electron chi connectivity index (χ4n) is 1.89. The van der Waals surface area contributed by atoms with E-state index in [0.717, 1.165) is 10.5 Å². The van der Waals surface area contributed by atoms with Crippen LogP contribution in [-0.2, 0) is 14.3 Å². The van der Waals surface area contributed by atoms with Crippen molar-refractivity contribution in [2.75, 3.05) is 7.11 Å². The lowest BCUT2D eigenvalue weighted by Gasteiger charge is -2.26. The number of methoxy groups -OCH3 is 1. The number of esters is 1. The van der Waals surface area contributed by atoms with Crippen molar-refractivity contribution in [2.24, 2.45) is 0 Å². The van der Waals surface area contributed by atoms with Gasteiger partial charge in [-0.1, -0.05) is 48.5 Å². The van der Waals surface area contributed by atoms with Crippen molar-refractivity contribution in [1.82, 2.24) is 0 Å². The number of ether oxygens (including phenoxy) is 1. The monoisotopic (exact) mass is 272 g/mol. The summed E-state index contributed by atoms with van der Waals surface area (Å²) in [6, 6.07) is 19.6. The summed E-state index contributed by atoms with van der Waals surface area (Å²) in [5.41, 5.74) is 0.940. The maximum atomic E-state index is 12.2. The minimum absolute atomic E-state index is 0.243. The quantitative estimate of drug-likeness (QED) is 0.624. The molecule has 1 atom stereocenters. The smallest absolute Gasteiger partial charge is 0.326 e. The molecule has 2 nitrogen and oxygen atoms in total. The predicted molar refractivity (Wildman–Crippen MR) is 78.1 cm³/mol. The normalized spacial score (nSPS) is 13.6. The van der Waals surface area contributed by atoms with E-state index in [1.165, 1.54) is 18.9 Å². The molecule has 0 aliphatic heterocycles. The first-order chi connectivity index (χ1) is 9.16. The van der Waals surface area contributed by atoms with Gasteiger partial charge in [-0.05, 0) is 24.6 Å². The van der Waals surface area contributed by atoms with Crippen LogP contribution in [0, 0.1) is 0 Å². The number of carbonyl (C=O) groups excluding carboxylic acids is 1. The Balaban J connectivity index is 2.39. The summed E-state index contributed by atoms with van der Waals surface area (Å²) >= 11 is 1.50. The van der Waals surface area contributed by atoms with E-state index in [4.69, 9.17) is 4.74 Å². The molecule has 0 amide bonds. The maximum absolute atomic E-state index is 12.2. The van der Waals surface area contributed by atoms with Crippen molar-refractivity contribution in [3.05, 3.63) is 66.2 Å². The van der Waals surface area contributed by atoms with Crippen molar-refractivity contribution < 1.29 is 9.53 Å². The zero-order chi connectivity index (χ0) is 13.7. The Morgan fingerprint density at radius 3 is 2.05 bits per heavy atom. The molecule has 0 heterocycles. The third-order valence-electron chi connectivity index (χ3n) is 2.96. The van der Waals surface area contributed by atoms with Gasteiger partial charge in [0.25, 0.3) is 0 Å². The van der Waals surface area contributed by atoms with Gasteiger partial charge in [0.2, 0.25) is 0 Å². The van der Waals surface area contributed by atoms with Gasteiger partial charge in [-0.2, -0.15) is 0 Å². The lowest BCUT2D eigenvalue weighted by atomic mass is 10.0. The summed E-state index contributed by atoms with van der Waals surface area (Å²) in [5, 5.41) is 0. The second-order valence-electron chi connectivity index (χ2n) is 4.31. The molecule has 19 heavy (non-hydrogen) atoms. The van der Waals surface area contributed by atoms with Gasteiger partial charge in [-0.3, -0.25) is 4.79 Å². The molecule has 0 unspecified atom stereocenters. The fourth-order valence-corrected chi connectivity index (χ4v) is 3.08. The molecule has 0 spiro atoms. The molecule has 0 aliphatic carbocycles. The average molecular weight is 272 g/mol. The Labute approximate surface area is 117 Å². The third kappa shape index (κ3) is 2.99. The second kappa shape index (κ2) is 5.93. The highest BCUT2D eigenvalue weighted by Gasteiger charge is 2.37. The Bertz CT molecular complexity index is 539. The minimum Gasteiger partial charge on any atom is -0.468 e. The van der Waals surface area contributed by atoms with Crippen LogP contribution in [0.2, 0.25) is 0 Å². The molecule has 0 saturated carbocycles. The third-order valence-corrected chi connectivity index (χ3v) is 4.28. The molecule has 0 saturated heterocycles. The van der Waals surface area contributed by atoms with Gasteiger partial charge in [0, 0.05) is 4.90 Å². The number of benzene rings is 2. The Hall–Kier alpha value is -1.74. The number of thioether (sulfide) groups is 1. The van der Waals surface area contributed by atoms with E-state index in [9.17, 15) is 4.79 Å². The van der Waals surface area contributed by atoms with Gasteiger partial charge >= 0.3 is 5.97 Å². The van der Waals surface area contributed by atoms with Crippen molar-refractivity contribution in [3.8, 4) is 0 Å². The van der Waals surface area contributed by atoms with Crippen LogP contribution < -0.4 is 0 Å². The first-order valence-corrected chi connectivity index (χ1v) is 6.86. The lowest BCUT2D eigenvalue weighted by molar-refractivity contribution is -0.143. The first kappa shape index (κ1) is 13.7. The maximum Gasteiger partial charge on any atom is 0.326 e. The van der Waals surface area contributed by atoms with Gasteiger partial charge in [0.15, 0.2) is 0 Å². The fraction of sp³-hybridized carbons (Fsp3) is 0.188. The molecule has 2 aromatic carbocycles. The van der Waals surface area contributed by atoms with Crippen LogP contribution in [0.1, 0.15) is 12.5 Å². The van der Waals surface area contributed by atoms with Crippen LogP contribution in [0.3, 0.4) is 0 Å². The summed E-state index contributed by atoms with van der Waals surface area (Å²) < 4.78 is 4.24. The van der Waals surface area contributed by atoms with Gasteiger partial charge in [0.1, 0.15) is 4.75 Å². The number of hydrogen-bond donors (Lipinski definition) is 0. The Morgan fingerprint density at radius 2 is 1.53 bits per heavy atom. The van der Waals surface area contributed by atoms with E-state index in [1.54, 1.807) is 0 Å². The molecule has 0 radical (unpaired) electrons. The molecular weight excluding hydrogens is 256 g/mol. The van der Waals surface area contributed by atoms with Crippen molar-refractivity contribution in [1.29, 1.82) is 0 Å². The summed E-state index contributed by atoms with van der Waals surface area (Å²) in [6.45, 7) is 1.89. The lowest BCUT2D eigenvalue weighted by Crippen LogP contribution is -2.30. The van der Waals surface area contributed by atoms with Crippen molar-refractivity contribution >= 4 is 17.7 Å². The van der Waals surface area contributed by atoms with E-state index in [-0.39, 0.29) is 5.97 Å². The first-order valence-electron chi connectivity index (χ1n) is 6.05. The van der Waals surface area contributed by atoms with Crippen LogP contribution in [0.5, 0.6) is 0 Å². The molecule has 2 aromatic rings. The van der Waals surface area contributed by atoms with Gasteiger partial charge in [0.05, 0.1) is 7.11 Å². The molecular formula is C16H16O2S. The van der Waals surface area contributed by atoms with Crippen LogP contribution in [0.25, 0.3) is 0 Å². The zero-order valence-electron chi connectivity index (χ0n) is 11.0. The number of hydrogen-bond acceptors (Lipinski definition) is 3. The highest BCUT2D eigenvalue weighted by molar-refractivity contribution is 8.01. The summed E-state index contributed by atoms with van der Waals surface area (Å²) in [6.07, 6.45) is 0. The Morgan fingerprint density at radius 1 is 1.00 bits per heavy atom. The zero-order valence-corrected chi connectivity index (χ0v) is 11.8. The van der Waals surface area contributed by atoms with Crippen LogP contribution in [0.15, 0.2) is 65.6 Å². The largest absolute Gasteiger partial charge is 0.468 e. The SMILES string of the molecule is COC(=O)[C@](C)(Sc1ccccc1)c1ccccc1. The number of rotatable bonds is 4. The van der Waals surface area contributed by atoms with Gasteiger partial charge < -0.3 is 4.74 Å². The van der Waals surface area contributed by atoms with Gasteiger partial charge in [-0.15, -0.1) is 11.8 Å². The molecule has 0 bridgehead atoms. The van der Waals surface area contributed by atoms with E-state index in [1.807, 2.05) is 67.6 Å². The summed E-state index contributed by atoms with van der Waals surface area (Å²) in [5.74, 6) is -0.243. The highest BCUT2D eigenvalue weighted by atomic mass is 32.2. The Kier molecular flexibility index (Phi) is 4.27.